The molecule has 6 heteroatoms. The van der Waals surface area contributed by atoms with Gasteiger partial charge in [-0.2, -0.15) is 0 Å². The van der Waals surface area contributed by atoms with E-state index in [9.17, 15) is 14.7 Å². The van der Waals surface area contributed by atoms with E-state index in [1.165, 1.54) is 0 Å². The fourth-order valence-corrected chi connectivity index (χ4v) is 2.07. The van der Waals surface area contributed by atoms with Crippen molar-refractivity contribution in [2.45, 2.75) is 6.10 Å². The minimum atomic E-state index is -0.829. The average Bonchev–Trinajstić information content (AvgIpc) is 2.64. The Hall–Kier alpha value is -2.86. The van der Waals surface area contributed by atoms with Gasteiger partial charge in [-0.05, 0) is 29.8 Å². The van der Waals surface area contributed by atoms with Crippen molar-refractivity contribution in [3.05, 3.63) is 65.7 Å². The molecule has 0 aliphatic carbocycles. The molecule has 1 atom stereocenters. The number of rotatable bonds is 7. The number of benzene rings is 2. The first-order valence-electron chi connectivity index (χ1n) is 7.52. The first-order chi connectivity index (χ1) is 11.6. The maximum Gasteiger partial charge on any atom is 0.251 e. The molecule has 1 unspecified atom stereocenters. The number of hydrogen-bond donors (Lipinski definition) is 3. The maximum atomic E-state index is 11.8. The van der Waals surface area contributed by atoms with Crippen LogP contribution in [0.15, 0.2) is 54.6 Å². The van der Waals surface area contributed by atoms with Crippen LogP contribution in [0.5, 0.6) is 5.75 Å². The van der Waals surface area contributed by atoms with Crippen molar-refractivity contribution in [3.63, 3.8) is 0 Å². The number of carbonyl (C=O) groups is 2. The molecule has 2 amide bonds. The van der Waals surface area contributed by atoms with Crippen LogP contribution in [0.4, 0.5) is 0 Å². The SMILES string of the molecule is COc1ccc(C(O)CNC(=O)CNC(=O)c2ccccc2)cc1. The molecular weight excluding hydrogens is 308 g/mol. The van der Waals surface area contributed by atoms with Crippen LogP contribution in [0.25, 0.3) is 0 Å². The predicted octanol–water partition coefficient (Wildman–Crippen LogP) is 1.27. The first kappa shape index (κ1) is 17.5. The zero-order valence-corrected chi connectivity index (χ0v) is 13.4. The Morgan fingerprint density at radius 3 is 2.33 bits per heavy atom. The molecule has 2 rings (SSSR count). The van der Waals surface area contributed by atoms with Gasteiger partial charge in [0.1, 0.15) is 5.75 Å². The molecule has 0 fully saturated rings. The predicted molar refractivity (Wildman–Crippen MR) is 89.7 cm³/mol. The van der Waals surface area contributed by atoms with Crippen LogP contribution in [-0.2, 0) is 4.79 Å². The zero-order chi connectivity index (χ0) is 17.4. The molecule has 0 aromatic heterocycles. The van der Waals surface area contributed by atoms with E-state index in [0.717, 1.165) is 0 Å². The lowest BCUT2D eigenvalue weighted by atomic mass is 10.1. The Morgan fingerprint density at radius 2 is 1.71 bits per heavy atom. The Kier molecular flexibility index (Phi) is 6.33. The van der Waals surface area contributed by atoms with Crippen molar-refractivity contribution in [3.8, 4) is 5.75 Å². The quantitative estimate of drug-likeness (QED) is 0.714. The van der Waals surface area contributed by atoms with E-state index in [1.807, 2.05) is 6.07 Å². The Morgan fingerprint density at radius 1 is 1.04 bits per heavy atom. The van der Waals surface area contributed by atoms with Gasteiger partial charge in [-0.3, -0.25) is 9.59 Å². The lowest BCUT2D eigenvalue weighted by Gasteiger charge is -2.13. The molecule has 24 heavy (non-hydrogen) atoms. The normalized spacial score (nSPS) is 11.4. The summed E-state index contributed by atoms with van der Waals surface area (Å²) in [5, 5.41) is 15.2. The van der Waals surface area contributed by atoms with Gasteiger partial charge in [-0.15, -0.1) is 0 Å². The van der Waals surface area contributed by atoms with E-state index in [4.69, 9.17) is 4.74 Å². The van der Waals surface area contributed by atoms with E-state index in [1.54, 1.807) is 55.6 Å². The average molecular weight is 328 g/mol. The summed E-state index contributed by atoms with van der Waals surface area (Å²) < 4.78 is 5.05. The number of aliphatic hydroxyl groups excluding tert-OH is 1. The molecule has 2 aromatic carbocycles. The summed E-state index contributed by atoms with van der Waals surface area (Å²) >= 11 is 0. The highest BCUT2D eigenvalue weighted by atomic mass is 16.5. The molecule has 3 N–H and O–H groups in total. The van der Waals surface area contributed by atoms with E-state index in [0.29, 0.717) is 16.9 Å². The molecule has 0 saturated carbocycles. The van der Waals surface area contributed by atoms with Crippen LogP contribution in [-0.4, -0.2) is 37.1 Å². The lowest BCUT2D eigenvalue weighted by molar-refractivity contribution is -0.120. The van der Waals surface area contributed by atoms with Gasteiger partial charge in [0.2, 0.25) is 5.91 Å². The molecular formula is C18H20N2O4. The molecule has 0 aliphatic rings. The number of amides is 2. The van der Waals surface area contributed by atoms with Gasteiger partial charge in [0.05, 0.1) is 19.8 Å². The van der Waals surface area contributed by atoms with Gasteiger partial charge in [-0.1, -0.05) is 30.3 Å². The summed E-state index contributed by atoms with van der Waals surface area (Å²) in [7, 11) is 1.56. The number of hydrogen-bond acceptors (Lipinski definition) is 4. The van der Waals surface area contributed by atoms with Gasteiger partial charge in [-0.25, -0.2) is 0 Å². The van der Waals surface area contributed by atoms with Gasteiger partial charge in [0.25, 0.3) is 5.91 Å². The van der Waals surface area contributed by atoms with Crippen LogP contribution in [0, 0.1) is 0 Å². The summed E-state index contributed by atoms with van der Waals surface area (Å²) in [4.78, 5) is 23.6. The molecule has 0 radical (unpaired) electrons. The highest BCUT2D eigenvalue weighted by molar-refractivity contribution is 5.96. The van der Waals surface area contributed by atoms with Gasteiger partial charge < -0.3 is 20.5 Å². The second-order valence-electron chi connectivity index (χ2n) is 5.14. The number of ether oxygens (including phenoxy) is 1. The van der Waals surface area contributed by atoms with E-state index in [-0.39, 0.29) is 24.9 Å². The van der Waals surface area contributed by atoms with Gasteiger partial charge in [0, 0.05) is 12.1 Å². The molecule has 6 nitrogen and oxygen atoms in total. The first-order valence-corrected chi connectivity index (χ1v) is 7.52. The monoisotopic (exact) mass is 328 g/mol. The molecule has 2 aromatic rings. The Balaban J connectivity index is 1.75. The fourth-order valence-electron chi connectivity index (χ4n) is 2.07. The number of aliphatic hydroxyl groups is 1. The van der Waals surface area contributed by atoms with Crippen molar-refractivity contribution >= 4 is 11.8 Å². The van der Waals surface area contributed by atoms with Crippen molar-refractivity contribution in [2.24, 2.45) is 0 Å². The van der Waals surface area contributed by atoms with E-state index < -0.39 is 6.10 Å². The van der Waals surface area contributed by atoms with Crippen LogP contribution >= 0.6 is 0 Å². The Bertz CT molecular complexity index is 671. The number of nitrogens with one attached hydrogen (secondary N) is 2. The van der Waals surface area contributed by atoms with Crippen molar-refractivity contribution in [1.82, 2.24) is 10.6 Å². The lowest BCUT2D eigenvalue weighted by Crippen LogP contribution is -2.38. The van der Waals surface area contributed by atoms with Crippen molar-refractivity contribution in [1.29, 1.82) is 0 Å². The minimum Gasteiger partial charge on any atom is -0.497 e. The van der Waals surface area contributed by atoms with Crippen LogP contribution in [0.3, 0.4) is 0 Å². The highest BCUT2D eigenvalue weighted by Crippen LogP contribution is 2.16. The van der Waals surface area contributed by atoms with Crippen LogP contribution < -0.4 is 15.4 Å². The summed E-state index contributed by atoms with van der Waals surface area (Å²) in [5.74, 6) is 0.00639. The second kappa shape index (κ2) is 8.69. The van der Waals surface area contributed by atoms with Gasteiger partial charge in [0.15, 0.2) is 0 Å². The third-order valence-corrected chi connectivity index (χ3v) is 3.44. The van der Waals surface area contributed by atoms with Crippen molar-refractivity contribution in [2.75, 3.05) is 20.2 Å². The summed E-state index contributed by atoms with van der Waals surface area (Å²) in [6.07, 6.45) is -0.829. The highest BCUT2D eigenvalue weighted by Gasteiger charge is 2.11. The minimum absolute atomic E-state index is 0.0619. The third-order valence-electron chi connectivity index (χ3n) is 3.44. The molecule has 0 saturated heterocycles. The number of carbonyl (C=O) groups excluding carboxylic acids is 2. The molecule has 0 bridgehead atoms. The number of methoxy groups -OCH3 is 1. The van der Waals surface area contributed by atoms with Crippen LogP contribution in [0.2, 0.25) is 0 Å². The van der Waals surface area contributed by atoms with Crippen LogP contribution in [0.1, 0.15) is 22.0 Å². The van der Waals surface area contributed by atoms with Crippen molar-refractivity contribution < 1.29 is 19.4 Å². The smallest absolute Gasteiger partial charge is 0.251 e. The second-order valence-corrected chi connectivity index (χ2v) is 5.14. The zero-order valence-electron chi connectivity index (χ0n) is 13.4. The topological polar surface area (TPSA) is 87.7 Å². The maximum absolute atomic E-state index is 11.8. The Labute approximate surface area is 140 Å². The summed E-state index contributed by atoms with van der Waals surface area (Å²) in [6.45, 7) is -0.0879. The molecule has 0 spiro atoms. The summed E-state index contributed by atoms with van der Waals surface area (Å²) in [6, 6.07) is 15.6. The molecule has 0 aliphatic heterocycles. The largest absolute Gasteiger partial charge is 0.497 e. The van der Waals surface area contributed by atoms with Gasteiger partial charge >= 0.3 is 0 Å². The fraction of sp³-hybridized carbons (Fsp3) is 0.222. The molecule has 0 heterocycles. The third kappa shape index (κ3) is 5.10. The van der Waals surface area contributed by atoms with E-state index in [2.05, 4.69) is 10.6 Å². The van der Waals surface area contributed by atoms with E-state index >= 15 is 0 Å². The summed E-state index contributed by atoms with van der Waals surface area (Å²) in [5.41, 5.74) is 1.16. The molecule has 126 valence electrons. The standard InChI is InChI=1S/C18H20N2O4/c1-24-15-9-7-13(8-10-15)16(21)11-19-17(22)12-20-18(23)14-5-3-2-4-6-14/h2-10,16,21H,11-12H2,1H3,(H,19,22)(H,20,23).